The van der Waals surface area contributed by atoms with Crippen LogP contribution in [0.1, 0.15) is 101 Å². The standard InChI is InChI=1S/C64H85N4O19PSi/c1-10-33-75-63(72)85-59-55(66-52(69)34-49(12-3)81-53(70)13-4)61(82-50(41-74-36-43-25-17-14-18-26-43)58(59)86-88(73)79-39-46-31-23-24-32-47(46)40-80-88)78-42-51-57(77-38-45-29-21-16-22-30-45)60(56(67-68-65)62(83-51)87-89(8,9)64(5,6)7)84-54(71)35-48(11-2)76-37-44-27-19-15-20-28-44/h10,14-32,48-51,55-62H,1,11-13,33-42H2,2-9H3,(H,66,69)/t48-,49-,50?,51?,55?,56?,57-,58-,59-,60-,61-,62-/m1/s1. The van der Waals surface area contributed by atoms with Gasteiger partial charge in [0.05, 0.1) is 65.2 Å². The minimum atomic E-state index is -4.67. The molecule has 4 unspecified atom stereocenters. The molecule has 23 nitrogen and oxygen atoms in total. The smallest absolute Gasteiger partial charge is 0.462 e. The lowest BCUT2D eigenvalue weighted by Gasteiger charge is -2.49. The Balaban J connectivity index is 1.32. The second kappa shape index (κ2) is 34.2. The molecule has 1 amide bonds. The first kappa shape index (κ1) is 70.1. The number of ether oxygens (including phenoxy) is 10. The molecule has 0 aromatic heterocycles. The summed E-state index contributed by atoms with van der Waals surface area (Å²) in [6.45, 7) is 17.6. The molecular weight excluding hydrogens is 1190 g/mol. The summed E-state index contributed by atoms with van der Waals surface area (Å²) >= 11 is 0. The molecule has 4 aromatic rings. The Labute approximate surface area is 521 Å². The number of benzene rings is 4. The van der Waals surface area contributed by atoms with E-state index >= 15 is 4.57 Å². The molecule has 1 N–H and O–H groups in total. The van der Waals surface area contributed by atoms with Gasteiger partial charge < -0.3 is 57.1 Å². The molecule has 12 atom stereocenters. The highest BCUT2D eigenvalue weighted by molar-refractivity contribution is 7.48. The van der Waals surface area contributed by atoms with Crippen LogP contribution in [0.15, 0.2) is 133 Å². The highest BCUT2D eigenvalue weighted by Crippen LogP contribution is 2.55. The van der Waals surface area contributed by atoms with Crippen molar-refractivity contribution < 1.29 is 89.1 Å². The Morgan fingerprint density at radius 3 is 1.87 bits per heavy atom. The molecule has 89 heavy (non-hydrogen) atoms. The lowest BCUT2D eigenvalue weighted by atomic mass is 9.95. The molecule has 3 heterocycles. The molecular formula is C64H85N4O19PSi. The van der Waals surface area contributed by atoms with E-state index in [2.05, 4.69) is 21.9 Å². The molecule has 3 aliphatic rings. The van der Waals surface area contributed by atoms with E-state index in [4.69, 9.17) is 65.4 Å². The summed E-state index contributed by atoms with van der Waals surface area (Å²) in [5.41, 5.74) is 14.1. The van der Waals surface area contributed by atoms with Crippen molar-refractivity contribution in [3.05, 3.63) is 166 Å². The van der Waals surface area contributed by atoms with Crippen molar-refractivity contribution in [3.63, 3.8) is 0 Å². The SMILES string of the molecule is C=CCOC(=O)O[C@@H]1C(NC(=O)C[C@@H](CC)OC(=O)CC)[C@H](OCC2O[C@H](O[Si](C)(C)C(C)(C)C)C(N=[N+]=[N-])[C@@H](OC(=O)C[C@@H](CC)OCc3ccccc3)[C@@H]2OCc2ccccc2)OC(COCc2ccccc2)[C@H]1OP1(=O)OCc2ccccc2CO1. The van der Waals surface area contributed by atoms with Crippen LogP contribution in [0.5, 0.6) is 0 Å². The van der Waals surface area contributed by atoms with Crippen LogP contribution in [-0.2, 0) is 117 Å². The zero-order valence-corrected chi connectivity index (χ0v) is 53.8. The summed E-state index contributed by atoms with van der Waals surface area (Å²) in [6, 6.07) is 32.2. The molecule has 0 spiro atoms. The fourth-order valence-corrected chi connectivity index (χ4v) is 12.1. The maximum Gasteiger partial charge on any atom is 0.509 e. The summed E-state index contributed by atoms with van der Waals surface area (Å²) in [4.78, 5) is 58.9. The number of nitrogens with one attached hydrogen (secondary N) is 1. The van der Waals surface area contributed by atoms with E-state index < -0.39 is 125 Å². The van der Waals surface area contributed by atoms with E-state index in [0.717, 1.165) is 16.7 Å². The highest BCUT2D eigenvalue weighted by Gasteiger charge is 2.56. The first-order chi connectivity index (χ1) is 42.7. The molecule has 0 bridgehead atoms. The van der Waals surface area contributed by atoms with Gasteiger partial charge in [-0.1, -0.05) is 175 Å². The van der Waals surface area contributed by atoms with Gasteiger partial charge >= 0.3 is 25.9 Å². The number of phosphoric ester groups is 1. The Morgan fingerprint density at radius 2 is 1.29 bits per heavy atom. The van der Waals surface area contributed by atoms with Gasteiger partial charge in [0.15, 0.2) is 27.0 Å². The Kier molecular flexibility index (Phi) is 26.9. The zero-order valence-electron chi connectivity index (χ0n) is 51.9. The predicted octanol–water partition coefficient (Wildman–Crippen LogP) is 11.8. The maximum absolute atomic E-state index is 15.0. The minimum Gasteiger partial charge on any atom is -0.462 e. The number of azide groups is 1. The third-order valence-corrected chi connectivity index (χ3v) is 21.5. The molecule has 3 aliphatic heterocycles. The van der Waals surface area contributed by atoms with Crippen LogP contribution in [0.3, 0.4) is 0 Å². The van der Waals surface area contributed by atoms with Gasteiger partial charge in [-0.25, -0.2) is 9.36 Å². The molecule has 484 valence electrons. The van der Waals surface area contributed by atoms with Crippen molar-refractivity contribution in [2.75, 3.05) is 19.8 Å². The van der Waals surface area contributed by atoms with Gasteiger partial charge in [-0.05, 0) is 64.3 Å². The van der Waals surface area contributed by atoms with Gasteiger partial charge in [0.1, 0.15) is 55.3 Å². The Bertz CT molecular complexity index is 2960. The van der Waals surface area contributed by atoms with Crippen molar-refractivity contribution in [1.82, 2.24) is 5.32 Å². The Hall–Kier alpha value is -6.34. The van der Waals surface area contributed by atoms with Crippen LogP contribution in [0.25, 0.3) is 10.4 Å². The van der Waals surface area contributed by atoms with Crippen molar-refractivity contribution in [3.8, 4) is 0 Å². The average molecular weight is 1270 g/mol. The fraction of sp³-hybridized carbons (Fsp3) is 0.531. The summed E-state index contributed by atoms with van der Waals surface area (Å²) in [5.74, 6) is -1.96. The largest absolute Gasteiger partial charge is 0.509 e. The number of esters is 2. The van der Waals surface area contributed by atoms with Gasteiger partial charge in [-0.15, -0.1) is 0 Å². The monoisotopic (exact) mass is 1270 g/mol. The van der Waals surface area contributed by atoms with Gasteiger partial charge in [0.25, 0.3) is 0 Å². The lowest BCUT2D eigenvalue weighted by Crippen LogP contribution is -2.67. The summed E-state index contributed by atoms with van der Waals surface area (Å²) in [6.07, 6.45) is -13.1. The zero-order chi connectivity index (χ0) is 64.0. The number of hydrogen-bond acceptors (Lipinski definition) is 20. The second-order valence-corrected chi connectivity index (χ2v) is 29.6. The molecule has 2 saturated heterocycles. The van der Waals surface area contributed by atoms with E-state index in [9.17, 15) is 24.7 Å². The van der Waals surface area contributed by atoms with Crippen molar-refractivity contribution in [2.45, 2.75) is 198 Å². The number of hydrogen-bond donors (Lipinski definition) is 1. The lowest BCUT2D eigenvalue weighted by molar-refractivity contribution is -0.300. The first-order valence-corrected chi connectivity index (χ1v) is 34.5. The van der Waals surface area contributed by atoms with Gasteiger partial charge in [-0.3, -0.25) is 28.0 Å². The first-order valence-electron chi connectivity index (χ1n) is 30.1. The molecule has 4 aromatic carbocycles. The van der Waals surface area contributed by atoms with E-state index in [-0.39, 0.29) is 71.9 Å². The van der Waals surface area contributed by atoms with Crippen LogP contribution >= 0.6 is 7.82 Å². The van der Waals surface area contributed by atoms with Crippen molar-refractivity contribution in [2.24, 2.45) is 5.11 Å². The van der Waals surface area contributed by atoms with Crippen LogP contribution < -0.4 is 5.32 Å². The number of nitrogens with zero attached hydrogens (tertiary/aromatic N) is 3. The number of carbonyl (C=O) groups is 4. The fourth-order valence-electron chi connectivity index (χ4n) is 9.67. The Morgan fingerprint density at radius 1 is 0.719 bits per heavy atom. The predicted molar refractivity (Wildman–Crippen MR) is 327 cm³/mol. The van der Waals surface area contributed by atoms with E-state index in [1.54, 1.807) is 38.1 Å². The molecule has 2 fully saturated rings. The van der Waals surface area contributed by atoms with Gasteiger partial charge in [-0.2, -0.15) is 0 Å². The quantitative estimate of drug-likeness (QED) is 0.00716. The average Bonchev–Trinajstić information content (AvgIpc) is 1.56. The number of rotatable bonds is 31. The van der Waals surface area contributed by atoms with E-state index in [1.165, 1.54) is 6.08 Å². The third-order valence-electron chi connectivity index (χ3n) is 15.7. The topological polar surface area (TPSA) is 275 Å². The summed E-state index contributed by atoms with van der Waals surface area (Å²) < 4.78 is 104. The van der Waals surface area contributed by atoms with Crippen molar-refractivity contribution >= 4 is 40.1 Å². The van der Waals surface area contributed by atoms with Gasteiger partial charge in [0.2, 0.25) is 5.91 Å². The molecule has 0 saturated carbocycles. The van der Waals surface area contributed by atoms with Crippen LogP contribution in [0.2, 0.25) is 18.1 Å². The maximum atomic E-state index is 15.0. The highest BCUT2D eigenvalue weighted by atomic mass is 31.2. The van der Waals surface area contributed by atoms with Crippen LogP contribution in [0, 0.1) is 0 Å². The number of amides is 1. The molecule has 0 aliphatic carbocycles. The number of phosphoric acid groups is 1. The normalized spacial score (nSPS) is 24.0. The molecule has 25 heteroatoms. The third kappa shape index (κ3) is 20.8. The van der Waals surface area contributed by atoms with Crippen LogP contribution in [-0.4, -0.2) is 126 Å². The van der Waals surface area contributed by atoms with E-state index in [0.29, 0.717) is 17.5 Å². The second-order valence-electron chi connectivity index (χ2n) is 23.2. The van der Waals surface area contributed by atoms with Gasteiger partial charge in [0, 0.05) is 11.3 Å². The molecule has 7 rings (SSSR count). The molecule has 0 radical (unpaired) electrons. The minimum absolute atomic E-state index is 0.0391. The van der Waals surface area contributed by atoms with Crippen LogP contribution in [0.4, 0.5) is 4.79 Å². The summed E-state index contributed by atoms with van der Waals surface area (Å²) in [7, 11) is -7.54. The number of fused-ring (bicyclic) bond motifs is 1. The van der Waals surface area contributed by atoms with E-state index in [1.807, 2.05) is 132 Å². The number of carbonyl (C=O) groups excluding carboxylic acids is 4. The van der Waals surface area contributed by atoms with Crippen molar-refractivity contribution in [1.29, 1.82) is 0 Å². The summed E-state index contributed by atoms with van der Waals surface area (Å²) in [5, 5.41) is 6.68.